The van der Waals surface area contributed by atoms with Crippen LogP contribution in [0.5, 0.6) is 0 Å². The number of hydrogen-bond acceptors (Lipinski definition) is 4. The third-order valence-corrected chi connectivity index (χ3v) is 5.66. The molecule has 0 saturated carbocycles. The second-order valence-electron chi connectivity index (χ2n) is 6.14. The average molecular weight is 330 g/mol. The minimum Gasteiger partial charge on any atom is -0.478 e. The van der Waals surface area contributed by atoms with E-state index in [4.69, 9.17) is 0 Å². The maximum atomic E-state index is 11.3. The van der Waals surface area contributed by atoms with Crippen molar-refractivity contribution in [3.8, 4) is 0 Å². The van der Waals surface area contributed by atoms with Crippen LogP contribution < -0.4 is 0 Å². The molecule has 0 spiro atoms. The van der Waals surface area contributed by atoms with E-state index in [1.165, 1.54) is 17.0 Å². The van der Waals surface area contributed by atoms with E-state index in [2.05, 4.69) is 23.9 Å². The van der Waals surface area contributed by atoms with Gasteiger partial charge in [0, 0.05) is 17.5 Å². The van der Waals surface area contributed by atoms with Gasteiger partial charge in [-0.05, 0) is 51.3 Å². The van der Waals surface area contributed by atoms with Gasteiger partial charge in [-0.25, -0.2) is 9.78 Å². The van der Waals surface area contributed by atoms with E-state index in [0.717, 1.165) is 36.4 Å². The molecule has 1 aromatic heterocycles. The largest absolute Gasteiger partial charge is 0.478 e. The lowest BCUT2D eigenvalue weighted by atomic mass is 9.96. The van der Waals surface area contributed by atoms with Crippen molar-refractivity contribution < 1.29 is 9.90 Å². The molecule has 23 heavy (non-hydrogen) atoms. The Labute approximate surface area is 140 Å². The van der Waals surface area contributed by atoms with E-state index in [9.17, 15) is 9.90 Å². The smallest absolute Gasteiger partial charge is 0.335 e. The summed E-state index contributed by atoms with van der Waals surface area (Å²) in [6.45, 7) is 2.93. The molecule has 1 unspecified atom stereocenters. The summed E-state index contributed by atoms with van der Waals surface area (Å²) < 4.78 is 0. The summed E-state index contributed by atoms with van der Waals surface area (Å²) in [5, 5.41) is 10.4. The van der Waals surface area contributed by atoms with Gasteiger partial charge in [0.2, 0.25) is 0 Å². The first kappa shape index (κ1) is 16.1. The molecule has 0 fully saturated rings. The zero-order chi connectivity index (χ0) is 16.4. The van der Waals surface area contributed by atoms with Gasteiger partial charge in [0.25, 0.3) is 0 Å². The molecule has 2 aromatic rings. The number of aryl methyl sites for hydroxylation is 2. The summed E-state index contributed by atoms with van der Waals surface area (Å²) in [6, 6.07) is 7.71. The predicted octanol–water partition coefficient (Wildman–Crippen LogP) is 3.70. The number of likely N-dealkylation sites (N-methyl/N-ethyl adjacent to an activating group) is 1. The number of fused-ring (bicyclic) bond motifs is 1. The molecular formula is C18H22N2O2S. The van der Waals surface area contributed by atoms with Gasteiger partial charge in [-0.1, -0.05) is 18.2 Å². The lowest BCUT2D eigenvalue weighted by molar-refractivity contribution is 0.0695. The van der Waals surface area contributed by atoms with Crippen molar-refractivity contribution >= 4 is 17.3 Å². The third-order valence-electron chi connectivity index (χ3n) is 4.54. The van der Waals surface area contributed by atoms with E-state index < -0.39 is 5.97 Å². The summed E-state index contributed by atoms with van der Waals surface area (Å²) in [4.78, 5) is 19.7. The van der Waals surface area contributed by atoms with E-state index in [-0.39, 0.29) is 0 Å². The van der Waals surface area contributed by atoms with Gasteiger partial charge < -0.3 is 5.11 Å². The zero-order valence-electron chi connectivity index (χ0n) is 13.6. The van der Waals surface area contributed by atoms with Crippen LogP contribution in [0.25, 0.3) is 0 Å². The van der Waals surface area contributed by atoms with Gasteiger partial charge in [0.1, 0.15) is 0 Å². The lowest BCUT2D eigenvalue weighted by Crippen LogP contribution is -2.29. The average Bonchev–Trinajstić information content (AvgIpc) is 2.92. The molecule has 0 radical (unpaired) electrons. The fourth-order valence-corrected chi connectivity index (χ4v) is 4.51. The van der Waals surface area contributed by atoms with Crippen molar-refractivity contribution in [2.75, 3.05) is 13.6 Å². The molecule has 1 N–H and O–H groups in total. The van der Waals surface area contributed by atoms with Crippen molar-refractivity contribution in [2.24, 2.45) is 0 Å². The first-order chi connectivity index (χ1) is 11.1. The van der Waals surface area contributed by atoms with Crippen LogP contribution in [0.3, 0.4) is 0 Å². The second kappa shape index (κ2) is 6.81. The van der Waals surface area contributed by atoms with Gasteiger partial charge in [-0.15, -0.1) is 11.3 Å². The van der Waals surface area contributed by atoms with Crippen molar-refractivity contribution in [1.29, 1.82) is 0 Å². The van der Waals surface area contributed by atoms with Crippen molar-refractivity contribution in [2.45, 2.75) is 38.6 Å². The molecule has 0 saturated heterocycles. The number of nitrogens with zero attached hydrogens (tertiary/aromatic N) is 2. The highest BCUT2D eigenvalue weighted by molar-refractivity contribution is 7.11. The molecular weight excluding hydrogens is 308 g/mol. The number of carboxylic acids is 1. The van der Waals surface area contributed by atoms with Crippen LogP contribution in [0.2, 0.25) is 0 Å². The maximum absolute atomic E-state index is 11.3. The normalized spacial score (nSPS) is 17.3. The number of aromatic nitrogens is 1. The summed E-state index contributed by atoms with van der Waals surface area (Å²) in [5.74, 6) is -0.846. The molecule has 1 atom stereocenters. The molecule has 0 bridgehead atoms. The number of thiazole rings is 1. The number of hydrogen-bond donors (Lipinski definition) is 1. The fourth-order valence-electron chi connectivity index (χ4n) is 3.34. The molecule has 0 amide bonds. The monoisotopic (exact) mass is 330 g/mol. The molecule has 1 aliphatic rings. The van der Waals surface area contributed by atoms with E-state index in [1.54, 1.807) is 12.1 Å². The molecule has 3 rings (SSSR count). The Morgan fingerprint density at radius 2 is 2.22 bits per heavy atom. The molecule has 1 heterocycles. The fraction of sp³-hybridized carbons (Fsp3) is 0.444. The number of rotatable bonds is 5. The summed E-state index contributed by atoms with van der Waals surface area (Å²) in [5.41, 5.74) is 2.59. The minimum atomic E-state index is -0.846. The molecule has 5 heteroatoms. The first-order valence-corrected chi connectivity index (χ1v) is 8.85. The van der Waals surface area contributed by atoms with Gasteiger partial charge >= 0.3 is 5.97 Å². The number of carbonyl (C=O) groups is 1. The topological polar surface area (TPSA) is 53.4 Å². The highest BCUT2D eigenvalue weighted by atomic mass is 32.1. The maximum Gasteiger partial charge on any atom is 0.335 e. The van der Waals surface area contributed by atoms with Crippen molar-refractivity contribution in [3.05, 3.63) is 51.0 Å². The predicted molar refractivity (Wildman–Crippen MR) is 92.3 cm³/mol. The minimum absolute atomic E-state index is 0.416. The number of benzene rings is 1. The standard InChI is InChI=1S/C18H22N2O2S/c1-12-19-15-8-5-9-16(17(15)23-12)20(2)11-10-13-6-3-4-7-14(13)18(21)22/h3-4,6-7,16H,5,8-11H2,1-2H3,(H,21,22). The van der Waals surface area contributed by atoms with Crippen LogP contribution in [-0.4, -0.2) is 34.6 Å². The Morgan fingerprint density at radius 3 is 3.00 bits per heavy atom. The molecule has 0 aliphatic heterocycles. The quantitative estimate of drug-likeness (QED) is 0.908. The number of carboxylic acid groups (broad SMARTS) is 1. The van der Waals surface area contributed by atoms with Gasteiger partial charge in [-0.3, -0.25) is 4.90 Å². The third kappa shape index (κ3) is 3.46. The molecule has 1 aliphatic carbocycles. The van der Waals surface area contributed by atoms with E-state index in [1.807, 2.05) is 23.5 Å². The molecule has 4 nitrogen and oxygen atoms in total. The Kier molecular flexibility index (Phi) is 4.78. The van der Waals surface area contributed by atoms with Crippen LogP contribution in [0, 0.1) is 6.92 Å². The van der Waals surface area contributed by atoms with Crippen LogP contribution in [-0.2, 0) is 12.8 Å². The SMILES string of the molecule is Cc1nc2c(s1)C(N(C)CCc1ccccc1C(=O)O)CCC2. The Balaban J connectivity index is 1.71. The van der Waals surface area contributed by atoms with Crippen LogP contribution in [0.1, 0.15) is 50.4 Å². The Bertz CT molecular complexity index is 711. The summed E-state index contributed by atoms with van der Waals surface area (Å²) in [6.07, 6.45) is 4.18. The lowest BCUT2D eigenvalue weighted by Gasteiger charge is -2.30. The van der Waals surface area contributed by atoms with E-state index in [0.29, 0.717) is 11.6 Å². The first-order valence-electron chi connectivity index (χ1n) is 8.04. The van der Waals surface area contributed by atoms with Gasteiger partial charge in [-0.2, -0.15) is 0 Å². The highest BCUT2D eigenvalue weighted by Gasteiger charge is 2.27. The molecule has 1 aromatic carbocycles. The Morgan fingerprint density at radius 1 is 1.43 bits per heavy atom. The van der Waals surface area contributed by atoms with Gasteiger partial charge in [0.15, 0.2) is 0 Å². The zero-order valence-corrected chi connectivity index (χ0v) is 14.4. The van der Waals surface area contributed by atoms with Crippen LogP contribution in [0.15, 0.2) is 24.3 Å². The second-order valence-corrected chi connectivity index (χ2v) is 7.38. The van der Waals surface area contributed by atoms with Gasteiger partial charge in [0.05, 0.1) is 16.3 Å². The van der Waals surface area contributed by atoms with Crippen molar-refractivity contribution in [1.82, 2.24) is 9.88 Å². The van der Waals surface area contributed by atoms with Crippen molar-refractivity contribution in [3.63, 3.8) is 0 Å². The van der Waals surface area contributed by atoms with Crippen LogP contribution in [0.4, 0.5) is 0 Å². The summed E-state index contributed by atoms with van der Waals surface area (Å²) >= 11 is 1.81. The van der Waals surface area contributed by atoms with E-state index >= 15 is 0 Å². The molecule has 122 valence electrons. The highest BCUT2D eigenvalue weighted by Crippen LogP contribution is 2.37. The Hall–Kier alpha value is -1.72. The van der Waals surface area contributed by atoms with Crippen LogP contribution >= 0.6 is 11.3 Å². The number of aromatic carboxylic acids is 1. The summed E-state index contributed by atoms with van der Waals surface area (Å²) in [7, 11) is 2.14.